The molecule has 204 valence electrons. The highest BCUT2D eigenvalue weighted by atomic mass is 16.6. The van der Waals surface area contributed by atoms with Crippen LogP contribution in [0.1, 0.15) is 45.8 Å². The Kier molecular flexibility index (Phi) is 10.2. The Balaban J connectivity index is 1.58. The summed E-state index contributed by atoms with van der Waals surface area (Å²) in [6.45, 7) is 0.0522. The van der Waals surface area contributed by atoms with E-state index in [0.717, 1.165) is 16.7 Å². The quantitative estimate of drug-likeness (QED) is 0.110. The second-order valence-electron chi connectivity index (χ2n) is 9.44. The molecule has 4 aromatic rings. The maximum absolute atomic E-state index is 13.4. The van der Waals surface area contributed by atoms with Crippen molar-refractivity contribution < 1.29 is 28.6 Å². The van der Waals surface area contributed by atoms with E-state index in [1.165, 1.54) is 0 Å². The fourth-order valence-corrected chi connectivity index (χ4v) is 4.41. The predicted molar refractivity (Wildman–Crippen MR) is 152 cm³/mol. The molecule has 0 saturated carbocycles. The van der Waals surface area contributed by atoms with Crippen molar-refractivity contribution in [3.63, 3.8) is 0 Å². The Morgan fingerprint density at radius 1 is 0.625 bits per heavy atom. The topological polar surface area (TPSA) is 78.9 Å². The highest BCUT2D eigenvalue weighted by molar-refractivity contribution is 5.97. The molecule has 0 bridgehead atoms. The van der Waals surface area contributed by atoms with Gasteiger partial charge in [-0.3, -0.25) is 14.4 Å². The first-order valence-electron chi connectivity index (χ1n) is 13.2. The Labute approximate surface area is 234 Å². The zero-order chi connectivity index (χ0) is 28.2. The van der Waals surface area contributed by atoms with E-state index in [9.17, 15) is 14.4 Å². The maximum atomic E-state index is 13.4. The number of Topliss-reactive ketones (excluding diaryl/α,β-unsaturated/α-hetero) is 1. The van der Waals surface area contributed by atoms with Crippen LogP contribution in [0.4, 0.5) is 0 Å². The molecule has 1 unspecified atom stereocenters. The van der Waals surface area contributed by atoms with Crippen LogP contribution in [0.3, 0.4) is 0 Å². The van der Waals surface area contributed by atoms with Crippen molar-refractivity contribution in [3.8, 4) is 5.75 Å². The van der Waals surface area contributed by atoms with Crippen molar-refractivity contribution in [3.05, 3.63) is 138 Å². The molecule has 0 fully saturated rings. The van der Waals surface area contributed by atoms with E-state index in [1.54, 1.807) is 43.5 Å². The van der Waals surface area contributed by atoms with Crippen LogP contribution in [0.2, 0.25) is 0 Å². The molecule has 6 nitrogen and oxygen atoms in total. The summed E-state index contributed by atoms with van der Waals surface area (Å²) >= 11 is 0. The lowest BCUT2D eigenvalue weighted by molar-refractivity contribution is -0.164. The van der Waals surface area contributed by atoms with Crippen LogP contribution in [0, 0.1) is 5.92 Å². The zero-order valence-electron chi connectivity index (χ0n) is 22.4. The number of rotatable bonds is 13. The van der Waals surface area contributed by atoms with Crippen LogP contribution in [0.25, 0.3) is 0 Å². The van der Waals surface area contributed by atoms with E-state index in [2.05, 4.69) is 0 Å². The second-order valence-corrected chi connectivity index (χ2v) is 9.44. The summed E-state index contributed by atoms with van der Waals surface area (Å²) in [6.07, 6.45) is 0.150. The molecule has 0 spiro atoms. The summed E-state index contributed by atoms with van der Waals surface area (Å²) < 4.78 is 16.5. The van der Waals surface area contributed by atoms with Crippen molar-refractivity contribution in [2.75, 3.05) is 7.11 Å². The first-order chi connectivity index (χ1) is 19.5. The van der Waals surface area contributed by atoms with E-state index >= 15 is 0 Å². The number of carbonyl (C=O) groups is 3. The normalized spacial score (nSPS) is 11.4. The molecule has 40 heavy (non-hydrogen) atoms. The predicted octanol–water partition coefficient (Wildman–Crippen LogP) is 6.54. The van der Waals surface area contributed by atoms with Crippen LogP contribution in [0.15, 0.2) is 115 Å². The number of benzene rings is 4. The molecule has 0 N–H and O–H groups in total. The average molecular weight is 537 g/mol. The average Bonchev–Trinajstić information content (AvgIpc) is 3.02. The van der Waals surface area contributed by atoms with Crippen molar-refractivity contribution in [1.29, 1.82) is 0 Å². The number of ketones is 1. The summed E-state index contributed by atoms with van der Waals surface area (Å²) in [5.74, 6) is -2.46. The lowest BCUT2D eigenvalue weighted by atomic mass is 9.84. The molecule has 0 amide bonds. The fourth-order valence-electron chi connectivity index (χ4n) is 4.41. The van der Waals surface area contributed by atoms with Crippen LogP contribution in [-0.4, -0.2) is 24.8 Å². The molecule has 4 rings (SSSR count). The minimum Gasteiger partial charge on any atom is -0.497 e. The van der Waals surface area contributed by atoms with Gasteiger partial charge in [0.2, 0.25) is 0 Å². The van der Waals surface area contributed by atoms with Gasteiger partial charge in [0.15, 0.2) is 11.7 Å². The van der Waals surface area contributed by atoms with E-state index in [0.29, 0.717) is 11.3 Å². The fraction of sp³-hybridized carbons (Fsp3) is 0.206. The van der Waals surface area contributed by atoms with Crippen molar-refractivity contribution in [1.82, 2.24) is 0 Å². The smallest absolute Gasteiger partial charge is 0.320 e. The third kappa shape index (κ3) is 8.14. The molecule has 0 heterocycles. The molecular formula is C34H32O6. The summed E-state index contributed by atoms with van der Waals surface area (Å²) in [5.41, 5.74) is 2.98. The van der Waals surface area contributed by atoms with Crippen molar-refractivity contribution >= 4 is 17.7 Å². The van der Waals surface area contributed by atoms with Gasteiger partial charge in [-0.15, -0.1) is 0 Å². The molecular weight excluding hydrogens is 504 g/mol. The van der Waals surface area contributed by atoms with E-state index < -0.39 is 23.8 Å². The Hall–Kier alpha value is -4.71. The van der Waals surface area contributed by atoms with Gasteiger partial charge in [-0.1, -0.05) is 103 Å². The summed E-state index contributed by atoms with van der Waals surface area (Å²) in [5, 5.41) is 0. The molecule has 6 heteroatoms. The Morgan fingerprint density at radius 2 is 1.10 bits per heavy atom. The summed E-state index contributed by atoms with van der Waals surface area (Å²) in [7, 11) is 1.58. The third-order valence-electron chi connectivity index (χ3n) is 6.65. The number of esters is 2. The van der Waals surface area contributed by atoms with E-state index in [-0.39, 0.29) is 31.8 Å². The Bertz CT molecular complexity index is 1310. The van der Waals surface area contributed by atoms with E-state index in [1.807, 2.05) is 78.9 Å². The molecule has 0 aromatic heterocycles. The molecule has 0 aliphatic heterocycles. The number of carbonyl (C=O) groups excluding carboxylic acids is 3. The van der Waals surface area contributed by atoms with Crippen molar-refractivity contribution in [2.24, 2.45) is 5.92 Å². The summed E-state index contributed by atoms with van der Waals surface area (Å²) in [6, 6.07) is 34.8. The lowest BCUT2D eigenvalue weighted by Gasteiger charge is -2.22. The van der Waals surface area contributed by atoms with Crippen LogP contribution in [-0.2, 0) is 32.3 Å². The largest absolute Gasteiger partial charge is 0.497 e. The van der Waals surface area contributed by atoms with Gasteiger partial charge in [0.1, 0.15) is 19.0 Å². The molecule has 0 aliphatic rings. The van der Waals surface area contributed by atoms with Gasteiger partial charge >= 0.3 is 11.9 Å². The molecule has 4 aromatic carbocycles. The summed E-state index contributed by atoms with van der Waals surface area (Å²) in [4.78, 5) is 40.0. The standard InChI is InChI=1S/C34H32O6/c1-38-30-19-17-27(18-20-30)29(22-32(35)28-15-9-4-10-16-28)21-31(33(36)39-23-25-11-5-2-6-12-25)34(37)40-24-26-13-7-3-8-14-26/h2-20,29,31H,21-24H2,1H3. The monoisotopic (exact) mass is 536 g/mol. The minimum atomic E-state index is -1.22. The van der Waals surface area contributed by atoms with Gasteiger partial charge in [-0.05, 0) is 41.2 Å². The first-order valence-corrected chi connectivity index (χ1v) is 13.2. The molecule has 0 radical (unpaired) electrons. The minimum absolute atomic E-state index is 0.0261. The van der Waals surface area contributed by atoms with Gasteiger partial charge in [-0.2, -0.15) is 0 Å². The third-order valence-corrected chi connectivity index (χ3v) is 6.65. The number of methoxy groups -OCH3 is 1. The number of hydrogen-bond acceptors (Lipinski definition) is 6. The second kappa shape index (κ2) is 14.4. The van der Waals surface area contributed by atoms with Gasteiger partial charge in [0.25, 0.3) is 0 Å². The maximum Gasteiger partial charge on any atom is 0.320 e. The lowest BCUT2D eigenvalue weighted by Crippen LogP contribution is -2.30. The van der Waals surface area contributed by atoms with Crippen LogP contribution >= 0.6 is 0 Å². The molecule has 0 saturated heterocycles. The SMILES string of the molecule is COc1ccc(C(CC(=O)c2ccccc2)CC(C(=O)OCc2ccccc2)C(=O)OCc2ccccc2)cc1. The van der Waals surface area contributed by atoms with Crippen LogP contribution < -0.4 is 4.74 Å². The molecule has 0 aliphatic carbocycles. The van der Waals surface area contributed by atoms with E-state index in [4.69, 9.17) is 14.2 Å². The van der Waals surface area contributed by atoms with Gasteiger partial charge in [0, 0.05) is 12.0 Å². The van der Waals surface area contributed by atoms with Crippen LogP contribution in [0.5, 0.6) is 5.75 Å². The Morgan fingerprint density at radius 3 is 1.57 bits per heavy atom. The highest BCUT2D eigenvalue weighted by Crippen LogP contribution is 2.32. The zero-order valence-corrected chi connectivity index (χ0v) is 22.4. The highest BCUT2D eigenvalue weighted by Gasteiger charge is 2.34. The molecule has 1 atom stereocenters. The first kappa shape index (κ1) is 28.3. The number of hydrogen-bond donors (Lipinski definition) is 0. The van der Waals surface area contributed by atoms with Gasteiger partial charge in [0.05, 0.1) is 7.11 Å². The van der Waals surface area contributed by atoms with Gasteiger partial charge in [-0.25, -0.2) is 0 Å². The number of ether oxygens (including phenoxy) is 3. The van der Waals surface area contributed by atoms with Crippen molar-refractivity contribution in [2.45, 2.75) is 32.0 Å². The van der Waals surface area contributed by atoms with Gasteiger partial charge < -0.3 is 14.2 Å².